The molecule has 0 aromatic heterocycles. The van der Waals surface area contributed by atoms with Crippen LogP contribution in [0.25, 0.3) is 50.2 Å². The zero-order valence-electron chi connectivity index (χ0n) is 21.7. The molecule has 5 aromatic rings. The Labute approximate surface area is 222 Å². The van der Waals surface area contributed by atoms with Gasteiger partial charge in [-0.15, -0.1) is 0 Å². The number of methoxy groups -OCH3 is 2. The van der Waals surface area contributed by atoms with Gasteiger partial charge in [-0.2, -0.15) is 0 Å². The lowest BCUT2D eigenvalue weighted by Crippen LogP contribution is -1.97. The standard InChI is InChI=1S/C34H28O4/c1-5-25-26(15-16-31(35-3)34(25)36-4)27-17-29(24-13-11-23(12-14-24)22-9-7-6-8-10-22)30-19-33-32(37-20-38-33)18-28(30)21(27)2/h5-19H,1,20H2,2-4H3. The highest BCUT2D eigenvalue weighted by Gasteiger charge is 2.22. The third-order valence-electron chi connectivity index (χ3n) is 7.28. The van der Waals surface area contributed by atoms with Crippen LogP contribution in [-0.2, 0) is 0 Å². The zero-order valence-corrected chi connectivity index (χ0v) is 21.7. The van der Waals surface area contributed by atoms with Crippen molar-refractivity contribution in [1.82, 2.24) is 0 Å². The van der Waals surface area contributed by atoms with Crippen LogP contribution in [0, 0.1) is 6.92 Å². The Balaban J connectivity index is 1.61. The van der Waals surface area contributed by atoms with E-state index in [1.165, 1.54) is 11.1 Å². The van der Waals surface area contributed by atoms with Crippen molar-refractivity contribution in [2.45, 2.75) is 6.92 Å². The number of benzene rings is 5. The van der Waals surface area contributed by atoms with Crippen molar-refractivity contribution in [2.24, 2.45) is 0 Å². The van der Waals surface area contributed by atoms with Crippen LogP contribution < -0.4 is 18.9 Å². The third kappa shape index (κ3) is 3.86. The van der Waals surface area contributed by atoms with E-state index in [0.717, 1.165) is 55.7 Å². The van der Waals surface area contributed by atoms with E-state index in [2.05, 4.69) is 86.3 Å². The van der Waals surface area contributed by atoms with E-state index in [0.29, 0.717) is 11.5 Å². The van der Waals surface area contributed by atoms with Crippen LogP contribution in [0.3, 0.4) is 0 Å². The minimum Gasteiger partial charge on any atom is -0.493 e. The number of ether oxygens (including phenoxy) is 4. The van der Waals surface area contributed by atoms with Crippen molar-refractivity contribution in [3.8, 4) is 56.4 Å². The molecule has 0 bridgehead atoms. The van der Waals surface area contributed by atoms with Gasteiger partial charge in [0.25, 0.3) is 0 Å². The molecule has 4 nitrogen and oxygen atoms in total. The van der Waals surface area contributed by atoms with Gasteiger partial charge in [0.2, 0.25) is 6.79 Å². The molecule has 1 aliphatic rings. The summed E-state index contributed by atoms with van der Waals surface area (Å²) in [6.07, 6.45) is 1.83. The summed E-state index contributed by atoms with van der Waals surface area (Å²) in [5.74, 6) is 2.87. The van der Waals surface area contributed by atoms with Crippen LogP contribution in [0.5, 0.6) is 23.0 Å². The Kier molecular flexibility index (Phi) is 6.01. The highest BCUT2D eigenvalue weighted by Crippen LogP contribution is 2.46. The summed E-state index contributed by atoms with van der Waals surface area (Å²) in [6, 6.07) is 29.6. The summed E-state index contributed by atoms with van der Waals surface area (Å²) >= 11 is 0. The smallest absolute Gasteiger partial charge is 0.231 e. The van der Waals surface area contributed by atoms with Crippen molar-refractivity contribution in [2.75, 3.05) is 21.0 Å². The number of fused-ring (bicyclic) bond motifs is 2. The number of hydrogen-bond donors (Lipinski definition) is 0. The zero-order chi connectivity index (χ0) is 26.2. The van der Waals surface area contributed by atoms with Gasteiger partial charge in [0.15, 0.2) is 23.0 Å². The van der Waals surface area contributed by atoms with E-state index in [1.54, 1.807) is 14.2 Å². The van der Waals surface area contributed by atoms with Gasteiger partial charge < -0.3 is 18.9 Å². The summed E-state index contributed by atoms with van der Waals surface area (Å²) < 4.78 is 22.8. The molecule has 0 fully saturated rings. The Hall–Kier alpha value is -4.70. The molecule has 0 spiro atoms. The van der Waals surface area contributed by atoms with E-state index in [1.807, 2.05) is 18.2 Å². The first kappa shape index (κ1) is 23.7. The van der Waals surface area contributed by atoms with Crippen LogP contribution >= 0.6 is 0 Å². The van der Waals surface area contributed by atoms with Gasteiger partial charge in [-0.05, 0) is 87.0 Å². The Morgan fingerprint density at radius 1 is 0.684 bits per heavy atom. The minimum atomic E-state index is 0.231. The largest absolute Gasteiger partial charge is 0.493 e. The minimum absolute atomic E-state index is 0.231. The first-order valence-electron chi connectivity index (χ1n) is 12.5. The molecule has 0 saturated carbocycles. The molecule has 0 atom stereocenters. The van der Waals surface area contributed by atoms with Gasteiger partial charge in [0, 0.05) is 5.56 Å². The molecule has 1 aliphatic heterocycles. The van der Waals surface area contributed by atoms with E-state index in [4.69, 9.17) is 18.9 Å². The summed E-state index contributed by atoms with van der Waals surface area (Å²) in [7, 11) is 3.30. The van der Waals surface area contributed by atoms with Crippen molar-refractivity contribution in [1.29, 1.82) is 0 Å². The van der Waals surface area contributed by atoms with Crippen LogP contribution in [0.2, 0.25) is 0 Å². The molecule has 4 heteroatoms. The molecule has 1 heterocycles. The monoisotopic (exact) mass is 500 g/mol. The number of rotatable bonds is 6. The highest BCUT2D eigenvalue weighted by molar-refractivity contribution is 6.05. The molecule has 0 amide bonds. The molecular formula is C34H28O4. The molecule has 0 unspecified atom stereocenters. The fraction of sp³-hybridized carbons (Fsp3) is 0.118. The van der Waals surface area contributed by atoms with Crippen LogP contribution in [0.4, 0.5) is 0 Å². The summed E-state index contributed by atoms with van der Waals surface area (Å²) in [5.41, 5.74) is 8.75. The number of aryl methyl sites for hydroxylation is 1. The summed E-state index contributed by atoms with van der Waals surface area (Å²) in [4.78, 5) is 0. The molecule has 188 valence electrons. The number of hydrogen-bond acceptors (Lipinski definition) is 4. The van der Waals surface area contributed by atoms with Gasteiger partial charge in [0.05, 0.1) is 14.2 Å². The van der Waals surface area contributed by atoms with E-state index in [-0.39, 0.29) is 6.79 Å². The second-order valence-corrected chi connectivity index (χ2v) is 9.26. The topological polar surface area (TPSA) is 36.9 Å². The SMILES string of the molecule is C=Cc1c(-c2cc(-c3ccc(-c4ccccc4)cc3)c3cc4c(cc3c2C)OCO4)ccc(OC)c1OC. The predicted octanol–water partition coefficient (Wildman–Crippen LogP) is 8.54. The van der Waals surface area contributed by atoms with Gasteiger partial charge >= 0.3 is 0 Å². The van der Waals surface area contributed by atoms with Crippen LogP contribution in [-0.4, -0.2) is 21.0 Å². The van der Waals surface area contributed by atoms with Gasteiger partial charge in [-0.3, -0.25) is 0 Å². The van der Waals surface area contributed by atoms with E-state index < -0.39 is 0 Å². The van der Waals surface area contributed by atoms with Gasteiger partial charge in [0.1, 0.15) is 0 Å². The van der Waals surface area contributed by atoms with Crippen LogP contribution in [0.1, 0.15) is 11.1 Å². The molecule has 0 saturated heterocycles. The summed E-state index contributed by atoms with van der Waals surface area (Å²) in [6.45, 7) is 6.46. The first-order valence-corrected chi connectivity index (χ1v) is 12.5. The Morgan fingerprint density at radius 3 is 2.00 bits per heavy atom. The van der Waals surface area contributed by atoms with E-state index >= 15 is 0 Å². The van der Waals surface area contributed by atoms with Crippen LogP contribution in [0.15, 0.2) is 91.5 Å². The predicted molar refractivity (Wildman–Crippen MR) is 154 cm³/mol. The third-order valence-corrected chi connectivity index (χ3v) is 7.28. The van der Waals surface area contributed by atoms with Crippen molar-refractivity contribution < 1.29 is 18.9 Å². The van der Waals surface area contributed by atoms with Gasteiger partial charge in [-0.1, -0.05) is 67.3 Å². The lowest BCUT2D eigenvalue weighted by molar-refractivity contribution is 0.174. The second-order valence-electron chi connectivity index (χ2n) is 9.26. The fourth-order valence-electron chi connectivity index (χ4n) is 5.33. The molecule has 0 radical (unpaired) electrons. The fourth-order valence-corrected chi connectivity index (χ4v) is 5.33. The Morgan fingerprint density at radius 2 is 1.34 bits per heavy atom. The van der Waals surface area contributed by atoms with E-state index in [9.17, 15) is 0 Å². The maximum atomic E-state index is 5.76. The summed E-state index contributed by atoms with van der Waals surface area (Å²) in [5, 5.41) is 2.22. The lowest BCUT2D eigenvalue weighted by Gasteiger charge is -2.19. The Bertz CT molecular complexity index is 1670. The molecular weight excluding hydrogens is 472 g/mol. The maximum absolute atomic E-state index is 5.76. The molecule has 5 aromatic carbocycles. The maximum Gasteiger partial charge on any atom is 0.231 e. The first-order chi connectivity index (χ1) is 18.6. The van der Waals surface area contributed by atoms with Crippen molar-refractivity contribution in [3.05, 3.63) is 103 Å². The average Bonchev–Trinajstić information content (AvgIpc) is 3.44. The lowest BCUT2D eigenvalue weighted by atomic mass is 9.86. The molecule has 6 rings (SSSR count). The molecule has 0 N–H and O–H groups in total. The molecule has 38 heavy (non-hydrogen) atoms. The van der Waals surface area contributed by atoms with Gasteiger partial charge in [-0.25, -0.2) is 0 Å². The second kappa shape index (κ2) is 9.64. The highest BCUT2D eigenvalue weighted by atomic mass is 16.7. The average molecular weight is 501 g/mol. The normalized spacial score (nSPS) is 12.0. The van der Waals surface area contributed by atoms with Crippen molar-refractivity contribution >= 4 is 16.8 Å². The molecule has 0 aliphatic carbocycles. The van der Waals surface area contributed by atoms with Crippen molar-refractivity contribution in [3.63, 3.8) is 0 Å². The quantitative estimate of drug-likeness (QED) is 0.234.